The lowest BCUT2D eigenvalue weighted by Gasteiger charge is -2.04. The van der Waals surface area contributed by atoms with Gasteiger partial charge in [0, 0.05) is 12.2 Å². The summed E-state index contributed by atoms with van der Waals surface area (Å²) in [5.74, 6) is 0. The number of hydrogen-bond acceptors (Lipinski definition) is 2. The molecule has 0 saturated heterocycles. The maximum Gasteiger partial charge on any atom is 0.0657 e. The molecule has 1 aromatic rings. The first-order valence-electron chi connectivity index (χ1n) is 5.55. The number of hydrogen-bond donors (Lipinski definition) is 1. The molecule has 80 valence electrons. The molecule has 0 fully saturated rings. The first-order chi connectivity index (χ1) is 6.78. The van der Waals surface area contributed by atoms with E-state index in [0.29, 0.717) is 0 Å². The molecule has 1 aromatic heterocycles. The third kappa shape index (κ3) is 1.98. The minimum atomic E-state index is 0.718. The van der Waals surface area contributed by atoms with Crippen molar-refractivity contribution in [1.29, 1.82) is 0 Å². The molecule has 3 nitrogen and oxygen atoms in total. The summed E-state index contributed by atoms with van der Waals surface area (Å²) in [5.41, 5.74) is 9.61. The van der Waals surface area contributed by atoms with Crippen LogP contribution in [0.4, 0.5) is 0 Å². The van der Waals surface area contributed by atoms with Crippen molar-refractivity contribution >= 4 is 0 Å². The zero-order chi connectivity index (χ0) is 10.6. The van der Waals surface area contributed by atoms with E-state index in [0.717, 1.165) is 32.4 Å². The fourth-order valence-corrected chi connectivity index (χ4v) is 1.96. The standard InChI is InChI=1S/C11H21N3/c1-4-10-9(7-8-12)11(5-2)14(6-3)13-10/h4-8,12H2,1-3H3. The highest BCUT2D eigenvalue weighted by atomic mass is 15.3. The van der Waals surface area contributed by atoms with Crippen LogP contribution in [-0.2, 0) is 25.8 Å². The van der Waals surface area contributed by atoms with Crippen LogP contribution in [0.3, 0.4) is 0 Å². The van der Waals surface area contributed by atoms with Crippen LogP contribution in [0.15, 0.2) is 0 Å². The molecular weight excluding hydrogens is 174 g/mol. The lowest BCUT2D eigenvalue weighted by molar-refractivity contribution is 0.616. The molecule has 0 spiro atoms. The van der Waals surface area contributed by atoms with Gasteiger partial charge < -0.3 is 5.73 Å². The highest BCUT2D eigenvalue weighted by Crippen LogP contribution is 2.16. The fraction of sp³-hybridized carbons (Fsp3) is 0.727. The molecule has 14 heavy (non-hydrogen) atoms. The summed E-state index contributed by atoms with van der Waals surface area (Å²) in [7, 11) is 0. The Hall–Kier alpha value is -0.830. The van der Waals surface area contributed by atoms with Gasteiger partial charge in [0.25, 0.3) is 0 Å². The average Bonchev–Trinajstić information content (AvgIpc) is 2.56. The van der Waals surface area contributed by atoms with Crippen LogP contribution < -0.4 is 5.73 Å². The topological polar surface area (TPSA) is 43.8 Å². The first kappa shape index (κ1) is 11.2. The SMILES string of the molecule is CCc1nn(CC)c(CC)c1CCN. The number of aryl methyl sites for hydroxylation is 2. The number of nitrogens with zero attached hydrogens (tertiary/aromatic N) is 2. The highest BCUT2D eigenvalue weighted by Gasteiger charge is 2.13. The summed E-state index contributed by atoms with van der Waals surface area (Å²) in [6.07, 6.45) is 3.03. The Labute approximate surface area is 86.3 Å². The average molecular weight is 195 g/mol. The van der Waals surface area contributed by atoms with E-state index in [-0.39, 0.29) is 0 Å². The lowest BCUT2D eigenvalue weighted by Crippen LogP contribution is -2.07. The quantitative estimate of drug-likeness (QED) is 0.774. The third-order valence-electron chi connectivity index (χ3n) is 2.61. The molecular formula is C11H21N3. The van der Waals surface area contributed by atoms with Crippen molar-refractivity contribution in [3.05, 3.63) is 17.0 Å². The van der Waals surface area contributed by atoms with E-state index in [1.807, 2.05) is 0 Å². The summed E-state index contributed by atoms with van der Waals surface area (Å²) in [6, 6.07) is 0. The molecule has 0 saturated carbocycles. The maximum absolute atomic E-state index is 5.62. The smallest absolute Gasteiger partial charge is 0.0657 e. The summed E-state index contributed by atoms with van der Waals surface area (Å²) < 4.78 is 2.11. The molecule has 0 atom stereocenters. The largest absolute Gasteiger partial charge is 0.330 e. The van der Waals surface area contributed by atoms with Gasteiger partial charge >= 0.3 is 0 Å². The monoisotopic (exact) mass is 195 g/mol. The summed E-state index contributed by atoms with van der Waals surface area (Å²) >= 11 is 0. The summed E-state index contributed by atoms with van der Waals surface area (Å²) in [6.45, 7) is 8.15. The molecule has 0 aliphatic heterocycles. The molecule has 0 bridgehead atoms. The van der Waals surface area contributed by atoms with E-state index in [9.17, 15) is 0 Å². The number of aromatic nitrogens is 2. The predicted octanol–water partition coefficient (Wildman–Crippen LogP) is 1.53. The maximum atomic E-state index is 5.62. The Morgan fingerprint density at radius 1 is 1.21 bits per heavy atom. The van der Waals surface area contributed by atoms with E-state index in [2.05, 4.69) is 30.6 Å². The van der Waals surface area contributed by atoms with Crippen molar-refractivity contribution in [3.8, 4) is 0 Å². The van der Waals surface area contributed by atoms with Gasteiger partial charge in [0.15, 0.2) is 0 Å². The highest BCUT2D eigenvalue weighted by molar-refractivity contribution is 5.27. The minimum Gasteiger partial charge on any atom is -0.330 e. The van der Waals surface area contributed by atoms with E-state index in [1.165, 1.54) is 17.0 Å². The van der Waals surface area contributed by atoms with Crippen molar-refractivity contribution in [2.24, 2.45) is 5.73 Å². The van der Waals surface area contributed by atoms with Crippen molar-refractivity contribution in [3.63, 3.8) is 0 Å². The van der Waals surface area contributed by atoms with Crippen LogP contribution in [0.25, 0.3) is 0 Å². The number of rotatable bonds is 5. The second-order valence-electron chi connectivity index (χ2n) is 3.43. The van der Waals surface area contributed by atoms with E-state index < -0.39 is 0 Å². The van der Waals surface area contributed by atoms with Crippen LogP contribution in [-0.4, -0.2) is 16.3 Å². The number of nitrogens with two attached hydrogens (primary N) is 1. The van der Waals surface area contributed by atoms with Gasteiger partial charge in [0.2, 0.25) is 0 Å². The van der Waals surface area contributed by atoms with E-state index >= 15 is 0 Å². The Bertz CT molecular complexity index is 289. The molecule has 0 unspecified atom stereocenters. The molecule has 2 N–H and O–H groups in total. The molecule has 3 heteroatoms. The van der Waals surface area contributed by atoms with Gasteiger partial charge in [-0.15, -0.1) is 0 Å². The van der Waals surface area contributed by atoms with Crippen molar-refractivity contribution in [1.82, 2.24) is 9.78 Å². The molecule has 0 aromatic carbocycles. The Morgan fingerprint density at radius 2 is 1.93 bits per heavy atom. The molecule has 0 aliphatic carbocycles. The Kier molecular flexibility index (Phi) is 4.14. The van der Waals surface area contributed by atoms with Gasteiger partial charge in [-0.05, 0) is 38.3 Å². The Balaban J connectivity index is 3.11. The molecule has 1 heterocycles. The zero-order valence-corrected chi connectivity index (χ0v) is 9.51. The molecule has 0 amide bonds. The predicted molar refractivity (Wildman–Crippen MR) is 59.4 cm³/mol. The fourth-order valence-electron chi connectivity index (χ4n) is 1.96. The van der Waals surface area contributed by atoms with Crippen LogP contribution in [0.5, 0.6) is 0 Å². The van der Waals surface area contributed by atoms with Crippen LogP contribution in [0.1, 0.15) is 37.7 Å². The van der Waals surface area contributed by atoms with Crippen molar-refractivity contribution in [2.75, 3.05) is 6.54 Å². The van der Waals surface area contributed by atoms with E-state index in [1.54, 1.807) is 0 Å². The molecule has 0 aliphatic rings. The van der Waals surface area contributed by atoms with Crippen LogP contribution in [0, 0.1) is 0 Å². The van der Waals surface area contributed by atoms with Crippen molar-refractivity contribution < 1.29 is 0 Å². The Morgan fingerprint density at radius 3 is 2.36 bits per heavy atom. The van der Waals surface area contributed by atoms with Gasteiger partial charge in [0.1, 0.15) is 0 Å². The second kappa shape index (κ2) is 5.15. The van der Waals surface area contributed by atoms with Gasteiger partial charge in [-0.1, -0.05) is 13.8 Å². The van der Waals surface area contributed by atoms with Gasteiger partial charge in [0.05, 0.1) is 5.69 Å². The van der Waals surface area contributed by atoms with Crippen LogP contribution >= 0.6 is 0 Å². The summed E-state index contributed by atoms with van der Waals surface area (Å²) in [5, 5.41) is 4.60. The summed E-state index contributed by atoms with van der Waals surface area (Å²) in [4.78, 5) is 0. The lowest BCUT2D eigenvalue weighted by atomic mass is 10.1. The molecule has 0 radical (unpaired) electrons. The molecule has 1 rings (SSSR count). The first-order valence-corrected chi connectivity index (χ1v) is 5.55. The normalized spacial score (nSPS) is 10.9. The second-order valence-corrected chi connectivity index (χ2v) is 3.43. The van der Waals surface area contributed by atoms with Gasteiger partial charge in [-0.25, -0.2) is 0 Å². The third-order valence-corrected chi connectivity index (χ3v) is 2.61. The minimum absolute atomic E-state index is 0.718. The van der Waals surface area contributed by atoms with Gasteiger partial charge in [-0.2, -0.15) is 5.10 Å². The zero-order valence-electron chi connectivity index (χ0n) is 9.51. The van der Waals surface area contributed by atoms with E-state index in [4.69, 9.17) is 5.73 Å². The van der Waals surface area contributed by atoms with Crippen molar-refractivity contribution in [2.45, 2.75) is 46.6 Å². The van der Waals surface area contributed by atoms with Gasteiger partial charge in [-0.3, -0.25) is 4.68 Å². The van der Waals surface area contributed by atoms with Crippen LogP contribution in [0.2, 0.25) is 0 Å².